The number of hydrogen-bond acceptors (Lipinski definition) is 6. The summed E-state index contributed by atoms with van der Waals surface area (Å²) in [5.41, 5.74) is 0.728. The Bertz CT molecular complexity index is 1190. The van der Waals surface area contributed by atoms with Crippen LogP contribution in [0.15, 0.2) is 0 Å². The van der Waals surface area contributed by atoms with Gasteiger partial charge in [0.25, 0.3) is 0 Å². The monoisotopic (exact) mass is 667 g/mol. The minimum Gasteiger partial charge on any atom is -0.353 e. The van der Waals surface area contributed by atoms with Gasteiger partial charge in [-0.25, -0.2) is 0 Å². The summed E-state index contributed by atoms with van der Waals surface area (Å²) in [7, 11) is 0. The Morgan fingerprint density at radius 3 is 2.25 bits per heavy atom. The minimum atomic E-state index is -0.328. The van der Waals surface area contributed by atoms with Gasteiger partial charge in [-0.1, -0.05) is 27.7 Å². The zero-order valence-electron chi connectivity index (χ0n) is 30.7. The third-order valence-corrected chi connectivity index (χ3v) is 16.3. The molecule has 8 heteroatoms. The molecule has 1 N–H and O–H groups in total. The predicted octanol–water partition coefficient (Wildman–Crippen LogP) is 5.55. The van der Waals surface area contributed by atoms with Gasteiger partial charge in [-0.15, -0.1) is 0 Å². The number of carbonyl (C=O) groups excluding carboxylic acids is 2. The third kappa shape index (κ3) is 5.88. The van der Waals surface area contributed by atoms with Crippen molar-refractivity contribution in [3.63, 3.8) is 0 Å². The molecule has 48 heavy (non-hydrogen) atoms. The number of ether oxygens (including phenoxy) is 2. The van der Waals surface area contributed by atoms with Crippen LogP contribution in [0.25, 0.3) is 0 Å². The molecule has 4 saturated heterocycles. The van der Waals surface area contributed by atoms with Crippen molar-refractivity contribution in [3.05, 3.63) is 0 Å². The first-order valence-electron chi connectivity index (χ1n) is 20.4. The summed E-state index contributed by atoms with van der Waals surface area (Å²) >= 11 is 0. The molecule has 4 aliphatic heterocycles. The molecule has 270 valence electrons. The van der Waals surface area contributed by atoms with Crippen LogP contribution in [0.5, 0.6) is 0 Å². The van der Waals surface area contributed by atoms with Crippen molar-refractivity contribution < 1.29 is 19.1 Å². The molecular weight excluding hydrogens is 600 g/mol. The summed E-state index contributed by atoms with van der Waals surface area (Å²) in [6.45, 7) is 18.9. The first kappa shape index (κ1) is 33.9. The van der Waals surface area contributed by atoms with Crippen LogP contribution in [0.4, 0.5) is 0 Å². The predicted molar refractivity (Wildman–Crippen MR) is 187 cm³/mol. The second-order valence-corrected chi connectivity index (χ2v) is 18.7. The van der Waals surface area contributed by atoms with Crippen LogP contribution in [-0.2, 0) is 19.1 Å². The second kappa shape index (κ2) is 13.1. The molecule has 12 atom stereocenters. The van der Waals surface area contributed by atoms with E-state index < -0.39 is 0 Å². The third-order valence-electron chi connectivity index (χ3n) is 16.3. The average Bonchev–Trinajstić information content (AvgIpc) is 3.77. The van der Waals surface area contributed by atoms with Crippen molar-refractivity contribution in [2.75, 3.05) is 59.0 Å². The van der Waals surface area contributed by atoms with Gasteiger partial charge in [0.1, 0.15) is 6.42 Å². The number of nitrogens with zero attached hydrogens (tertiary/aromatic N) is 3. The van der Waals surface area contributed by atoms with Crippen molar-refractivity contribution in [2.24, 2.45) is 52.3 Å². The van der Waals surface area contributed by atoms with Crippen LogP contribution in [0.2, 0.25) is 0 Å². The Morgan fingerprint density at radius 1 is 0.792 bits per heavy atom. The maximum atomic E-state index is 13.2. The van der Waals surface area contributed by atoms with Gasteiger partial charge in [0.15, 0.2) is 5.79 Å². The number of rotatable bonds is 6. The average molecular weight is 667 g/mol. The zero-order chi connectivity index (χ0) is 33.3. The van der Waals surface area contributed by atoms with E-state index in [1.165, 1.54) is 70.9 Å². The Kier molecular flexibility index (Phi) is 9.24. The zero-order valence-corrected chi connectivity index (χ0v) is 30.7. The fraction of sp³-hybridized carbons (Fsp3) is 0.950. The summed E-state index contributed by atoms with van der Waals surface area (Å²) in [6.07, 6.45) is 15.2. The molecule has 0 aromatic rings. The number of piperazine rings is 1. The molecule has 0 aromatic heterocycles. The lowest BCUT2D eigenvalue weighted by atomic mass is 9.44. The van der Waals surface area contributed by atoms with E-state index in [1.54, 1.807) is 0 Å². The quantitative estimate of drug-likeness (QED) is 0.375. The normalized spacial score (nSPS) is 47.8. The molecule has 4 saturated carbocycles. The molecule has 8 rings (SSSR count). The summed E-state index contributed by atoms with van der Waals surface area (Å²) in [5, 5.41) is 3.35. The van der Waals surface area contributed by atoms with Gasteiger partial charge in [0.05, 0.1) is 12.7 Å². The topological polar surface area (TPSA) is 74.3 Å². The lowest BCUT2D eigenvalue weighted by molar-refractivity contribution is -0.273. The molecule has 8 fully saturated rings. The fourth-order valence-corrected chi connectivity index (χ4v) is 13.4. The summed E-state index contributed by atoms with van der Waals surface area (Å²) in [4.78, 5) is 33.2. The highest BCUT2D eigenvalue weighted by Crippen LogP contribution is 2.71. The molecule has 8 aliphatic rings. The maximum Gasteiger partial charge on any atom is 0.232 e. The van der Waals surface area contributed by atoms with Gasteiger partial charge < -0.3 is 24.6 Å². The lowest BCUT2D eigenvalue weighted by Gasteiger charge is -2.61. The molecule has 4 aliphatic carbocycles. The Morgan fingerprint density at radius 2 is 1.52 bits per heavy atom. The summed E-state index contributed by atoms with van der Waals surface area (Å²) in [5.74, 6) is 4.40. The molecule has 0 radical (unpaired) electrons. The fourth-order valence-electron chi connectivity index (χ4n) is 13.4. The SMILES string of the molecule is C[C@H]1CC[C@@]2(OC1)O[C@H]1C[C@H]3[C@@H]4CC[C@@H]5C[C@@H](NC(=O)CC(=O)N6CCN(CCN7CCCC7)CC6)CC[C@]5(C)[C@H]4CC[C@]3(C)[C@H]1[C@@H]2C. The largest absolute Gasteiger partial charge is 0.353 e. The first-order valence-corrected chi connectivity index (χ1v) is 20.4. The van der Waals surface area contributed by atoms with Gasteiger partial charge in [0, 0.05) is 57.6 Å². The lowest BCUT2D eigenvalue weighted by Crippen LogP contribution is -2.56. The number of fused-ring (bicyclic) bond motifs is 7. The highest BCUT2D eigenvalue weighted by molar-refractivity contribution is 5.97. The Hall–Kier alpha value is -1.22. The Balaban J connectivity index is 0.820. The summed E-state index contributed by atoms with van der Waals surface area (Å²) < 4.78 is 13.5. The van der Waals surface area contributed by atoms with Gasteiger partial charge >= 0.3 is 0 Å². The number of carbonyl (C=O) groups is 2. The molecule has 2 amide bonds. The molecular formula is C40H66N4O4. The standard InChI is InChI=1S/C40H66N4O4/c1-27-9-14-40(47-26-27)28(2)37-34(48-40)24-33-31-8-7-29-23-30(10-12-38(29,3)32(31)11-13-39(33,37)4)41-35(45)25-36(46)44-21-19-43(20-22-44)18-17-42-15-5-6-16-42/h27-34,37H,5-26H2,1-4H3,(H,41,45)/t27-,28-,29+,30-,31+,32-,33-,34-,37-,38-,39-,40+/m0/s1. The number of likely N-dealkylation sites (tertiary alicyclic amines) is 1. The number of hydrogen-bond donors (Lipinski definition) is 1. The van der Waals surface area contributed by atoms with Gasteiger partial charge in [0.2, 0.25) is 11.8 Å². The van der Waals surface area contributed by atoms with Crippen molar-refractivity contribution in [3.8, 4) is 0 Å². The van der Waals surface area contributed by atoms with E-state index >= 15 is 0 Å². The smallest absolute Gasteiger partial charge is 0.232 e. The molecule has 4 heterocycles. The highest BCUT2D eigenvalue weighted by Gasteiger charge is 2.69. The van der Waals surface area contributed by atoms with E-state index in [2.05, 4.69) is 42.8 Å². The van der Waals surface area contributed by atoms with Gasteiger partial charge in [-0.2, -0.15) is 0 Å². The molecule has 0 unspecified atom stereocenters. The van der Waals surface area contributed by atoms with Crippen LogP contribution in [0.1, 0.15) is 111 Å². The number of nitrogens with one attached hydrogen (secondary N) is 1. The van der Waals surface area contributed by atoms with E-state index in [0.29, 0.717) is 40.6 Å². The molecule has 1 spiro atoms. The highest BCUT2D eigenvalue weighted by atomic mass is 16.7. The van der Waals surface area contributed by atoms with E-state index in [1.807, 2.05) is 4.90 Å². The second-order valence-electron chi connectivity index (χ2n) is 18.7. The van der Waals surface area contributed by atoms with Crippen LogP contribution >= 0.6 is 0 Å². The van der Waals surface area contributed by atoms with E-state index in [0.717, 1.165) is 82.9 Å². The molecule has 8 nitrogen and oxygen atoms in total. The van der Waals surface area contributed by atoms with Crippen LogP contribution in [0, 0.1) is 52.3 Å². The van der Waals surface area contributed by atoms with Crippen molar-refractivity contribution in [1.82, 2.24) is 20.0 Å². The van der Waals surface area contributed by atoms with Crippen LogP contribution in [0.3, 0.4) is 0 Å². The van der Waals surface area contributed by atoms with E-state index in [9.17, 15) is 9.59 Å². The van der Waals surface area contributed by atoms with Crippen LogP contribution < -0.4 is 5.32 Å². The first-order chi connectivity index (χ1) is 23.1. The number of amides is 2. The molecule has 0 aromatic carbocycles. The van der Waals surface area contributed by atoms with Crippen molar-refractivity contribution >= 4 is 11.8 Å². The van der Waals surface area contributed by atoms with Gasteiger partial charge in [-0.05, 0) is 130 Å². The Labute approximate surface area is 290 Å². The van der Waals surface area contributed by atoms with E-state index in [4.69, 9.17) is 9.47 Å². The van der Waals surface area contributed by atoms with E-state index in [-0.39, 0.29) is 30.1 Å². The van der Waals surface area contributed by atoms with Crippen LogP contribution in [-0.4, -0.2) is 103 Å². The van der Waals surface area contributed by atoms with Crippen molar-refractivity contribution in [1.29, 1.82) is 0 Å². The molecule has 0 bridgehead atoms. The maximum absolute atomic E-state index is 13.2. The summed E-state index contributed by atoms with van der Waals surface area (Å²) in [6, 6.07) is 0.214. The van der Waals surface area contributed by atoms with Gasteiger partial charge in [-0.3, -0.25) is 14.5 Å². The minimum absolute atomic E-state index is 0.00531. The van der Waals surface area contributed by atoms with Crippen molar-refractivity contribution in [2.45, 2.75) is 129 Å².